The van der Waals surface area contributed by atoms with E-state index in [4.69, 9.17) is 16.3 Å². The fourth-order valence-electron chi connectivity index (χ4n) is 3.89. The first-order valence-corrected chi connectivity index (χ1v) is 9.49. The molecule has 0 amide bonds. The van der Waals surface area contributed by atoms with Crippen molar-refractivity contribution in [2.75, 3.05) is 30.5 Å². The summed E-state index contributed by atoms with van der Waals surface area (Å²) in [5.74, 6) is -1.54. The minimum atomic E-state index is -1.30. The van der Waals surface area contributed by atoms with Crippen molar-refractivity contribution < 1.29 is 19.0 Å². The van der Waals surface area contributed by atoms with Gasteiger partial charge in [-0.05, 0) is 31.4 Å². The molecule has 8 heteroatoms. The number of aryl methyl sites for hydroxylation is 1. The lowest BCUT2D eigenvalue weighted by Gasteiger charge is -2.37. The zero-order valence-electron chi connectivity index (χ0n) is 14.9. The van der Waals surface area contributed by atoms with Crippen molar-refractivity contribution in [3.63, 3.8) is 0 Å². The second kappa shape index (κ2) is 6.80. The van der Waals surface area contributed by atoms with Crippen LogP contribution in [0, 0.1) is 12.7 Å². The number of carbonyl (C=O) groups is 1. The highest BCUT2D eigenvalue weighted by Gasteiger charge is 2.31. The number of pyridine rings is 1. The van der Waals surface area contributed by atoms with Gasteiger partial charge in [0.05, 0.1) is 30.5 Å². The number of halogens is 2. The quantitative estimate of drug-likeness (QED) is 0.807. The first-order valence-electron chi connectivity index (χ1n) is 8.95. The van der Waals surface area contributed by atoms with Crippen LogP contribution in [-0.4, -0.2) is 47.3 Å². The van der Waals surface area contributed by atoms with Gasteiger partial charge < -0.3 is 19.3 Å². The summed E-state index contributed by atoms with van der Waals surface area (Å²) >= 11 is 6.06. The standard InChI is InChI=1S/C19H20ClFN2O4/c1-10-16-13(18(24)14(19(25)26)8-23(16)11-2-3-11)6-15(21)17(10)22-4-5-27-9-12(22)7-20/h6,8,11-12H,2-5,7,9H2,1H3,(H,25,26). The van der Waals surface area contributed by atoms with E-state index >= 15 is 4.39 Å². The number of rotatable bonds is 4. The van der Waals surface area contributed by atoms with Crippen LogP contribution in [0.1, 0.15) is 34.8 Å². The van der Waals surface area contributed by atoms with Crippen LogP contribution in [-0.2, 0) is 4.74 Å². The van der Waals surface area contributed by atoms with Crippen molar-refractivity contribution in [2.24, 2.45) is 0 Å². The molecule has 2 aliphatic rings. The fourth-order valence-corrected chi connectivity index (χ4v) is 4.15. The van der Waals surface area contributed by atoms with E-state index in [0.717, 1.165) is 12.8 Å². The van der Waals surface area contributed by atoms with Crippen LogP contribution in [0.5, 0.6) is 0 Å². The molecule has 1 saturated heterocycles. The van der Waals surface area contributed by atoms with Gasteiger partial charge in [0.25, 0.3) is 0 Å². The summed E-state index contributed by atoms with van der Waals surface area (Å²) in [6, 6.07) is 1.15. The Labute approximate surface area is 160 Å². The van der Waals surface area contributed by atoms with E-state index in [9.17, 15) is 14.7 Å². The number of alkyl halides is 1. The Hall–Kier alpha value is -2.12. The lowest BCUT2D eigenvalue weighted by molar-refractivity contribution is 0.0695. The predicted molar refractivity (Wildman–Crippen MR) is 101 cm³/mol. The lowest BCUT2D eigenvalue weighted by atomic mass is 10.0. The SMILES string of the molecule is Cc1c(N2CCOCC2CCl)c(F)cc2c(=O)c(C(=O)O)cn(C3CC3)c12. The molecule has 0 bridgehead atoms. The van der Waals surface area contributed by atoms with Crippen molar-refractivity contribution in [2.45, 2.75) is 31.8 Å². The minimum Gasteiger partial charge on any atom is -0.477 e. The van der Waals surface area contributed by atoms with Crippen LogP contribution in [0.25, 0.3) is 10.9 Å². The molecule has 1 aliphatic heterocycles. The number of aromatic nitrogens is 1. The van der Waals surface area contributed by atoms with E-state index < -0.39 is 17.2 Å². The molecule has 4 rings (SSSR count). The fraction of sp³-hybridized carbons (Fsp3) is 0.474. The molecule has 1 aliphatic carbocycles. The second-order valence-electron chi connectivity index (χ2n) is 7.12. The van der Waals surface area contributed by atoms with Crippen LogP contribution in [0.4, 0.5) is 10.1 Å². The van der Waals surface area contributed by atoms with Crippen molar-refractivity contribution in [3.8, 4) is 0 Å². The lowest BCUT2D eigenvalue weighted by Crippen LogP contribution is -2.47. The van der Waals surface area contributed by atoms with Crippen molar-refractivity contribution in [3.05, 3.63) is 39.4 Å². The van der Waals surface area contributed by atoms with E-state index in [0.29, 0.717) is 42.4 Å². The molecule has 1 aromatic carbocycles. The molecule has 2 aromatic rings. The second-order valence-corrected chi connectivity index (χ2v) is 7.43. The molecule has 1 N–H and O–H groups in total. The molecule has 0 spiro atoms. The smallest absolute Gasteiger partial charge is 0.341 e. The van der Waals surface area contributed by atoms with Crippen molar-refractivity contribution in [1.82, 2.24) is 4.57 Å². The maximum atomic E-state index is 15.1. The summed E-state index contributed by atoms with van der Waals surface area (Å²) in [7, 11) is 0. The number of benzene rings is 1. The average Bonchev–Trinajstić information content (AvgIpc) is 3.47. The molecular formula is C19H20ClFN2O4. The topological polar surface area (TPSA) is 71.8 Å². The molecule has 1 saturated carbocycles. The summed E-state index contributed by atoms with van der Waals surface area (Å²) in [5.41, 5.74) is 0.657. The molecule has 144 valence electrons. The zero-order valence-corrected chi connectivity index (χ0v) is 15.6. The van der Waals surface area contributed by atoms with E-state index in [1.807, 2.05) is 9.47 Å². The first kappa shape index (κ1) is 18.3. The van der Waals surface area contributed by atoms with Gasteiger partial charge in [0.2, 0.25) is 5.43 Å². The summed E-state index contributed by atoms with van der Waals surface area (Å²) < 4.78 is 22.4. The molecule has 27 heavy (non-hydrogen) atoms. The average molecular weight is 395 g/mol. The van der Waals surface area contributed by atoms with E-state index in [1.165, 1.54) is 12.3 Å². The molecular weight excluding hydrogens is 375 g/mol. The number of carboxylic acids is 1. The monoisotopic (exact) mass is 394 g/mol. The zero-order chi connectivity index (χ0) is 19.3. The summed E-state index contributed by atoms with van der Waals surface area (Å²) in [6.45, 7) is 3.16. The molecule has 2 fully saturated rings. The predicted octanol–water partition coefficient (Wildman–Crippen LogP) is 2.93. The van der Waals surface area contributed by atoms with E-state index in [1.54, 1.807) is 6.92 Å². The molecule has 6 nitrogen and oxygen atoms in total. The van der Waals surface area contributed by atoms with Gasteiger partial charge in [-0.15, -0.1) is 11.6 Å². The van der Waals surface area contributed by atoms with Crippen LogP contribution in [0.2, 0.25) is 0 Å². The molecule has 1 aromatic heterocycles. The Morgan fingerprint density at radius 3 is 2.81 bits per heavy atom. The number of hydrogen-bond donors (Lipinski definition) is 1. The van der Waals surface area contributed by atoms with Crippen LogP contribution in [0.3, 0.4) is 0 Å². The maximum absolute atomic E-state index is 15.1. The number of morpholine rings is 1. The van der Waals surface area contributed by atoms with Crippen LogP contribution >= 0.6 is 11.6 Å². The van der Waals surface area contributed by atoms with Gasteiger partial charge in [-0.25, -0.2) is 9.18 Å². The number of anilines is 1. The summed E-state index contributed by atoms with van der Waals surface area (Å²) in [5, 5.41) is 9.48. The Morgan fingerprint density at radius 1 is 1.44 bits per heavy atom. The van der Waals surface area contributed by atoms with E-state index in [-0.39, 0.29) is 23.0 Å². The van der Waals surface area contributed by atoms with Gasteiger partial charge in [-0.1, -0.05) is 0 Å². The number of hydrogen-bond acceptors (Lipinski definition) is 4. The summed E-state index contributed by atoms with van der Waals surface area (Å²) in [4.78, 5) is 26.0. The van der Waals surface area contributed by atoms with E-state index in [2.05, 4.69) is 0 Å². The third-order valence-electron chi connectivity index (χ3n) is 5.34. The third-order valence-corrected chi connectivity index (χ3v) is 5.70. The van der Waals surface area contributed by atoms with Gasteiger partial charge in [-0.2, -0.15) is 0 Å². The number of nitrogens with zero attached hydrogens (tertiary/aromatic N) is 2. The highest BCUT2D eigenvalue weighted by atomic mass is 35.5. The van der Waals surface area contributed by atoms with Gasteiger partial charge in [0.1, 0.15) is 11.4 Å². The highest BCUT2D eigenvalue weighted by molar-refractivity contribution is 6.18. The van der Waals surface area contributed by atoms with Crippen molar-refractivity contribution >= 4 is 34.2 Å². The van der Waals surface area contributed by atoms with Crippen LogP contribution < -0.4 is 10.3 Å². The Balaban J connectivity index is 2.01. The number of carboxylic acid groups (broad SMARTS) is 1. The van der Waals surface area contributed by atoms with Crippen molar-refractivity contribution in [1.29, 1.82) is 0 Å². The van der Waals surface area contributed by atoms with Gasteiger partial charge in [-0.3, -0.25) is 4.79 Å². The third kappa shape index (κ3) is 2.99. The molecule has 2 heterocycles. The summed E-state index contributed by atoms with van der Waals surface area (Å²) in [6.07, 6.45) is 3.22. The first-order chi connectivity index (χ1) is 12.9. The Kier molecular flexibility index (Phi) is 4.60. The molecule has 1 unspecified atom stereocenters. The highest BCUT2D eigenvalue weighted by Crippen LogP contribution is 2.40. The minimum absolute atomic E-state index is 0.108. The normalized spacial score (nSPS) is 20.3. The van der Waals surface area contributed by atoms with Gasteiger partial charge in [0.15, 0.2) is 0 Å². The Bertz CT molecular complexity index is 986. The maximum Gasteiger partial charge on any atom is 0.341 e. The molecule has 0 radical (unpaired) electrons. The number of ether oxygens (including phenoxy) is 1. The van der Waals surface area contributed by atoms with Gasteiger partial charge in [0, 0.05) is 30.0 Å². The number of fused-ring (bicyclic) bond motifs is 1. The largest absolute Gasteiger partial charge is 0.477 e. The number of aromatic carboxylic acids is 1. The van der Waals surface area contributed by atoms with Crippen LogP contribution in [0.15, 0.2) is 17.1 Å². The molecule has 1 atom stereocenters. The Morgan fingerprint density at radius 2 is 2.19 bits per heavy atom. The van der Waals surface area contributed by atoms with Gasteiger partial charge >= 0.3 is 5.97 Å².